The number of hydrogen-bond donors (Lipinski definition) is 0. The van der Waals surface area contributed by atoms with Crippen molar-refractivity contribution in [2.75, 3.05) is 0 Å². The molecule has 0 saturated heterocycles. The van der Waals surface area contributed by atoms with Gasteiger partial charge in [0.15, 0.2) is 0 Å². The molecule has 0 fully saturated rings. The van der Waals surface area contributed by atoms with Crippen molar-refractivity contribution in [2.24, 2.45) is 0 Å². The first kappa shape index (κ1) is 47.8. The van der Waals surface area contributed by atoms with Gasteiger partial charge in [0, 0.05) is 0 Å². The Morgan fingerprint density at radius 3 is 0.726 bits per heavy atom. The summed E-state index contributed by atoms with van der Waals surface area (Å²) in [4.78, 5) is 0. The van der Waals surface area contributed by atoms with E-state index >= 15 is 0 Å². The predicted molar refractivity (Wildman–Crippen MR) is 357 cm³/mol. The second-order valence-electron chi connectivity index (χ2n) is 22.4. The zero-order valence-electron chi connectivity index (χ0n) is 46.0. The molecule has 0 unspecified atom stereocenters. The molecule has 84 heavy (non-hydrogen) atoms. The van der Waals surface area contributed by atoms with E-state index in [1.807, 2.05) is 0 Å². The molecule has 0 saturated carbocycles. The third kappa shape index (κ3) is 7.27. The van der Waals surface area contributed by atoms with Gasteiger partial charge < -0.3 is 0 Å². The van der Waals surface area contributed by atoms with Crippen LogP contribution in [-0.4, -0.2) is 0 Å². The molecular weight excluding hydrogens is 1010 g/mol. The number of benzene rings is 15. The van der Waals surface area contributed by atoms with Crippen LogP contribution in [0.5, 0.6) is 0 Å². The highest BCUT2D eigenvalue weighted by Gasteiger charge is 2.34. The zero-order chi connectivity index (χ0) is 55.2. The standard InChI is InChI=1S/C84H52/c1-5-25-53(26-6-1)57-33-13-17-37-61(57)71-49-50-72(62-38-18-14-34-58(62)54-27-7-2-8-28-54)82-75-51-47-63(67-43-23-45-73(77(67)75)81(71)82)64-48-52-76-78-68(64)44-24-46-74(78)83-79(65-39-19-15-35-59(65)55-29-9-3-10-30-55)69-41-21-22-42-70(69)80(84(76)83)66-40-20-16-36-60(66)56-31-11-4-12-32-56/h1-52H. The fourth-order valence-electron chi connectivity index (χ4n) is 14.6. The van der Waals surface area contributed by atoms with Crippen LogP contribution in [0, 0.1) is 0 Å². The summed E-state index contributed by atoms with van der Waals surface area (Å²) in [6.07, 6.45) is 0. The van der Waals surface area contributed by atoms with Crippen LogP contribution in [0.2, 0.25) is 0 Å². The van der Waals surface area contributed by atoms with E-state index in [9.17, 15) is 0 Å². The van der Waals surface area contributed by atoms with Gasteiger partial charge in [0.1, 0.15) is 0 Å². The number of hydrogen-bond acceptors (Lipinski definition) is 0. The minimum absolute atomic E-state index is 1.20. The summed E-state index contributed by atoms with van der Waals surface area (Å²) < 4.78 is 0. The lowest BCUT2D eigenvalue weighted by Gasteiger charge is -2.23. The molecule has 0 heteroatoms. The molecule has 0 radical (unpaired) electrons. The minimum Gasteiger partial charge on any atom is -0.0622 e. The van der Waals surface area contributed by atoms with Crippen LogP contribution in [-0.2, 0) is 0 Å². The van der Waals surface area contributed by atoms with Gasteiger partial charge in [-0.2, -0.15) is 0 Å². The molecule has 0 aliphatic heterocycles. The summed E-state index contributed by atoms with van der Waals surface area (Å²) >= 11 is 0. The highest BCUT2D eigenvalue weighted by molar-refractivity contribution is 6.31. The first-order chi connectivity index (χ1) is 41.8. The fraction of sp³-hybridized carbons (Fsp3) is 0. The molecule has 15 aromatic carbocycles. The van der Waals surface area contributed by atoms with Gasteiger partial charge >= 0.3 is 0 Å². The lowest BCUT2D eigenvalue weighted by atomic mass is 9.79. The normalized spacial score (nSPS) is 11.8. The van der Waals surface area contributed by atoms with Gasteiger partial charge in [-0.1, -0.05) is 315 Å². The Kier molecular flexibility index (Phi) is 11.0. The first-order valence-corrected chi connectivity index (χ1v) is 29.2. The second kappa shape index (κ2) is 19.4. The smallest absolute Gasteiger partial charge is 0.000718 e. The molecule has 0 heterocycles. The molecule has 0 atom stereocenters. The third-order valence-corrected chi connectivity index (χ3v) is 18.0. The number of rotatable bonds is 9. The zero-order valence-corrected chi connectivity index (χ0v) is 46.0. The molecular formula is C84H52. The molecule has 17 rings (SSSR count). The average molecular weight is 1060 g/mol. The highest BCUT2D eigenvalue weighted by atomic mass is 14.4. The largest absolute Gasteiger partial charge is 0.0622 e. The molecule has 0 aromatic heterocycles. The van der Waals surface area contributed by atoms with Crippen LogP contribution in [0.4, 0.5) is 0 Å². The molecule has 0 bridgehead atoms. The predicted octanol–water partition coefficient (Wildman–Crippen LogP) is 23.4. The van der Waals surface area contributed by atoms with Crippen molar-refractivity contribution < 1.29 is 0 Å². The Hall–Kier alpha value is -10.9. The number of fused-ring (bicyclic) bond motifs is 7. The molecule has 0 N–H and O–H groups in total. The van der Waals surface area contributed by atoms with Crippen LogP contribution >= 0.6 is 0 Å². The average Bonchev–Trinajstić information content (AvgIpc) is 1.85. The maximum Gasteiger partial charge on any atom is -0.000718 e. The quantitative estimate of drug-likeness (QED) is 0.135. The topological polar surface area (TPSA) is 0 Å². The lowest BCUT2D eigenvalue weighted by Crippen LogP contribution is -1.96. The van der Waals surface area contributed by atoms with E-state index in [2.05, 4.69) is 315 Å². The Morgan fingerprint density at radius 2 is 0.345 bits per heavy atom. The molecule has 0 spiro atoms. The molecule has 388 valence electrons. The summed E-state index contributed by atoms with van der Waals surface area (Å²) in [6.45, 7) is 0. The maximum atomic E-state index is 2.46. The third-order valence-electron chi connectivity index (χ3n) is 18.0. The van der Waals surface area contributed by atoms with Gasteiger partial charge in [0.2, 0.25) is 0 Å². The summed E-state index contributed by atoms with van der Waals surface area (Å²) in [5, 5.41) is 7.58. The van der Waals surface area contributed by atoms with Gasteiger partial charge in [0.25, 0.3) is 0 Å². The van der Waals surface area contributed by atoms with E-state index < -0.39 is 0 Å². The Morgan fingerprint density at radius 1 is 0.107 bits per heavy atom. The van der Waals surface area contributed by atoms with Crippen LogP contribution in [0.25, 0.3) is 177 Å². The van der Waals surface area contributed by atoms with E-state index in [1.54, 1.807) is 0 Å². The van der Waals surface area contributed by atoms with E-state index in [0.29, 0.717) is 0 Å². The van der Waals surface area contributed by atoms with Gasteiger partial charge in [-0.05, 0) is 177 Å². The SMILES string of the molecule is c1ccc(-c2ccccc2-c2ccc(-c3ccccc3-c3ccccc3)c3c2-c2cccc4c(-c5ccc6c7c(cccc57)-c5c-6c(-c6ccccc6-c6ccccc6)c6ccccc6c5-c5ccccc5-c5ccccc5)ccc-3c24)cc1. The van der Waals surface area contributed by atoms with E-state index in [-0.39, 0.29) is 0 Å². The monoisotopic (exact) mass is 1060 g/mol. The maximum absolute atomic E-state index is 2.46. The summed E-state index contributed by atoms with van der Waals surface area (Å²) in [5.74, 6) is 0. The van der Waals surface area contributed by atoms with Gasteiger partial charge in [-0.15, -0.1) is 0 Å². The van der Waals surface area contributed by atoms with Gasteiger partial charge in [-0.3, -0.25) is 0 Å². The van der Waals surface area contributed by atoms with Crippen LogP contribution in [0.15, 0.2) is 315 Å². The molecule has 15 aromatic rings. The van der Waals surface area contributed by atoms with Crippen LogP contribution < -0.4 is 0 Å². The minimum atomic E-state index is 1.20. The Labute approximate surface area is 489 Å². The van der Waals surface area contributed by atoms with Gasteiger partial charge in [0.05, 0.1) is 0 Å². The van der Waals surface area contributed by atoms with Crippen molar-refractivity contribution in [3.63, 3.8) is 0 Å². The van der Waals surface area contributed by atoms with Gasteiger partial charge in [-0.25, -0.2) is 0 Å². The van der Waals surface area contributed by atoms with Crippen LogP contribution in [0.1, 0.15) is 0 Å². The lowest BCUT2D eigenvalue weighted by molar-refractivity contribution is 1.56. The van der Waals surface area contributed by atoms with Crippen LogP contribution in [0.3, 0.4) is 0 Å². The van der Waals surface area contributed by atoms with Crippen molar-refractivity contribution in [1.29, 1.82) is 0 Å². The molecule has 0 nitrogen and oxygen atoms in total. The fourth-order valence-corrected chi connectivity index (χ4v) is 14.6. The van der Waals surface area contributed by atoms with E-state index in [4.69, 9.17) is 0 Å². The molecule has 0 amide bonds. The van der Waals surface area contributed by atoms with Crippen molar-refractivity contribution in [1.82, 2.24) is 0 Å². The Balaban J connectivity index is 0.933. The second-order valence-corrected chi connectivity index (χ2v) is 22.4. The summed E-state index contributed by atoms with van der Waals surface area (Å²) in [5.41, 5.74) is 32.3. The first-order valence-electron chi connectivity index (χ1n) is 29.2. The van der Waals surface area contributed by atoms with E-state index in [0.717, 1.165) is 0 Å². The summed E-state index contributed by atoms with van der Waals surface area (Å²) in [7, 11) is 0. The summed E-state index contributed by atoms with van der Waals surface area (Å²) in [6, 6.07) is 117. The van der Waals surface area contributed by atoms with Crippen molar-refractivity contribution in [3.8, 4) is 145 Å². The van der Waals surface area contributed by atoms with Crippen molar-refractivity contribution in [3.05, 3.63) is 315 Å². The van der Waals surface area contributed by atoms with Crippen molar-refractivity contribution >= 4 is 32.3 Å². The highest BCUT2D eigenvalue weighted by Crippen LogP contribution is 2.62. The Bertz CT molecular complexity index is 4890. The molecule has 2 aliphatic carbocycles. The van der Waals surface area contributed by atoms with Crippen molar-refractivity contribution in [2.45, 2.75) is 0 Å². The molecule has 2 aliphatic rings. The van der Waals surface area contributed by atoms with E-state index in [1.165, 1.54) is 177 Å².